The van der Waals surface area contributed by atoms with E-state index in [-0.39, 0.29) is 17.1 Å². The predicted molar refractivity (Wildman–Crippen MR) is 52.8 cm³/mol. The van der Waals surface area contributed by atoms with E-state index in [1.54, 1.807) is 0 Å². The molecular formula is C10H8F2N2O2. The Morgan fingerprint density at radius 3 is 2.31 bits per heavy atom. The number of hydrogen-bond donors (Lipinski definition) is 1. The van der Waals surface area contributed by atoms with Crippen LogP contribution in [-0.4, -0.2) is 12.3 Å². The molecule has 4 nitrogen and oxygen atoms in total. The van der Waals surface area contributed by atoms with E-state index >= 15 is 0 Å². The Morgan fingerprint density at radius 1 is 1.25 bits per heavy atom. The van der Waals surface area contributed by atoms with Gasteiger partial charge in [-0.3, -0.25) is 0 Å². The molecule has 0 aliphatic heterocycles. The number of aromatic nitrogens is 1. The van der Waals surface area contributed by atoms with Crippen LogP contribution in [0.4, 0.5) is 14.6 Å². The molecule has 0 fully saturated rings. The monoisotopic (exact) mass is 226 g/mol. The number of nitrogen functional groups attached to an aromatic ring is 1. The van der Waals surface area contributed by atoms with E-state index < -0.39 is 17.4 Å². The lowest BCUT2D eigenvalue weighted by molar-refractivity contribution is 0.359. The number of methoxy groups -OCH3 is 1. The lowest BCUT2D eigenvalue weighted by atomic mass is 10.1. The topological polar surface area (TPSA) is 61.3 Å². The Bertz CT molecular complexity index is 502. The summed E-state index contributed by atoms with van der Waals surface area (Å²) >= 11 is 0. The maximum atomic E-state index is 13.3. The van der Waals surface area contributed by atoms with Gasteiger partial charge in [-0.1, -0.05) is 5.16 Å². The van der Waals surface area contributed by atoms with Gasteiger partial charge in [0.25, 0.3) is 0 Å². The van der Waals surface area contributed by atoms with Gasteiger partial charge in [0, 0.05) is 11.6 Å². The van der Waals surface area contributed by atoms with Crippen molar-refractivity contribution in [2.24, 2.45) is 0 Å². The summed E-state index contributed by atoms with van der Waals surface area (Å²) in [5.41, 5.74) is 5.54. The van der Waals surface area contributed by atoms with Crippen LogP contribution in [0.1, 0.15) is 0 Å². The lowest BCUT2D eigenvalue weighted by Crippen LogP contribution is -1.93. The third-order valence-corrected chi connectivity index (χ3v) is 2.02. The second-order valence-corrected chi connectivity index (χ2v) is 3.09. The standard InChI is InChI=1S/C10H8F2N2O2/c1-15-10-6(11)2-5(3-7(10)12)8-4-9(13)14-16-8/h2-4H,1H3,(H2,13,14). The van der Waals surface area contributed by atoms with Crippen molar-refractivity contribution in [3.63, 3.8) is 0 Å². The van der Waals surface area contributed by atoms with E-state index in [4.69, 9.17) is 10.3 Å². The average molecular weight is 226 g/mol. The summed E-state index contributed by atoms with van der Waals surface area (Å²) in [5, 5.41) is 3.42. The molecule has 2 rings (SSSR count). The van der Waals surface area contributed by atoms with Gasteiger partial charge >= 0.3 is 0 Å². The number of nitrogens with two attached hydrogens (primary N) is 1. The quantitative estimate of drug-likeness (QED) is 0.852. The molecule has 1 aromatic carbocycles. The van der Waals surface area contributed by atoms with Crippen molar-refractivity contribution >= 4 is 5.82 Å². The first-order chi connectivity index (χ1) is 7.61. The normalized spacial score (nSPS) is 10.4. The smallest absolute Gasteiger partial charge is 0.190 e. The van der Waals surface area contributed by atoms with Crippen molar-refractivity contribution in [3.05, 3.63) is 29.8 Å². The molecule has 0 aliphatic carbocycles. The Hall–Kier alpha value is -2.11. The number of benzene rings is 1. The van der Waals surface area contributed by atoms with E-state index in [1.165, 1.54) is 13.2 Å². The minimum atomic E-state index is -0.813. The van der Waals surface area contributed by atoms with Gasteiger partial charge in [0.2, 0.25) is 0 Å². The van der Waals surface area contributed by atoms with Crippen LogP contribution in [0.3, 0.4) is 0 Å². The third-order valence-electron chi connectivity index (χ3n) is 2.02. The van der Waals surface area contributed by atoms with Crippen LogP contribution >= 0.6 is 0 Å². The van der Waals surface area contributed by atoms with Gasteiger partial charge in [-0.15, -0.1) is 0 Å². The van der Waals surface area contributed by atoms with Crippen LogP contribution < -0.4 is 10.5 Å². The maximum absolute atomic E-state index is 13.3. The van der Waals surface area contributed by atoms with Crippen molar-refractivity contribution in [3.8, 4) is 17.1 Å². The molecule has 0 radical (unpaired) electrons. The predicted octanol–water partition coefficient (Wildman–Crippen LogP) is 2.21. The highest BCUT2D eigenvalue weighted by molar-refractivity contribution is 5.61. The second-order valence-electron chi connectivity index (χ2n) is 3.09. The zero-order valence-corrected chi connectivity index (χ0v) is 8.33. The van der Waals surface area contributed by atoms with E-state index in [2.05, 4.69) is 9.89 Å². The van der Waals surface area contributed by atoms with Crippen molar-refractivity contribution in [2.45, 2.75) is 0 Å². The lowest BCUT2D eigenvalue weighted by Gasteiger charge is -2.04. The highest BCUT2D eigenvalue weighted by atomic mass is 19.1. The summed E-state index contributed by atoms with van der Waals surface area (Å²) in [6.07, 6.45) is 0. The summed E-state index contributed by atoms with van der Waals surface area (Å²) in [5.74, 6) is -1.72. The second kappa shape index (κ2) is 3.80. The van der Waals surface area contributed by atoms with Crippen molar-refractivity contribution in [1.82, 2.24) is 5.16 Å². The molecule has 0 saturated heterocycles. The summed E-state index contributed by atoms with van der Waals surface area (Å²) < 4.78 is 36.0. The van der Waals surface area contributed by atoms with Gasteiger partial charge in [0.1, 0.15) is 0 Å². The molecule has 0 spiro atoms. The van der Waals surface area contributed by atoms with Gasteiger partial charge in [0.05, 0.1) is 7.11 Å². The number of nitrogens with zero attached hydrogens (tertiary/aromatic N) is 1. The van der Waals surface area contributed by atoms with Crippen LogP contribution in [0, 0.1) is 11.6 Å². The molecule has 0 unspecified atom stereocenters. The minimum absolute atomic E-state index is 0.145. The molecule has 0 saturated carbocycles. The fourth-order valence-corrected chi connectivity index (χ4v) is 1.32. The van der Waals surface area contributed by atoms with E-state index in [0.717, 1.165) is 12.1 Å². The Labute approximate surface area is 89.6 Å². The van der Waals surface area contributed by atoms with E-state index in [1.807, 2.05) is 0 Å². The van der Waals surface area contributed by atoms with Crippen LogP contribution in [0.25, 0.3) is 11.3 Å². The zero-order valence-electron chi connectivity index (χ0n) is 8.33. The van der Waals surface area contributed by atoms with E-state index in [0.29, 0.717) is 0 Å². The Kier molecular flexibility index (Phi) is 2.47. The van der Waals surface area contributed by atoms with Crippen LogP contribution in [-0.2, 0) is 0 Å². The molecule has 6 heteroatoms. The summed E-state index contributed by atoms with van der Waals surface area (Å²) in [6, 6.07) is 3.55. The summed E-state index contributed by atoms with van der Waals surface area (Å²) in [7, 11) is 1.19. The number of ether oxygens (including phenoxy) is 1. The van der Waals surface area contributed by atoms with Gasteiger partial charge in [-0.2, -0.15) is 0 Å². The highest BCUT2D eigenvalue weighted by Crippen LogP contribution is 2.29. The number of halogens is 2. The zero-order chi connectivity index (χ0) is 11.7. The first-order valence-electron chi connectivity index (χ1n) is 4.37. The number of anilines is 1. The first-order valence-corrected chi connectivity index (χ1v) is 4.37. The molecular weight excluding hydrogens is 218 g/mol. The molecule has 0 bridgehead atoms. The minimum Gasteiger partial charge on any atom is -0.491 e. The summed E-state index contributed by atoms with van der Waals surface area (Å²) in [4.78, 5) is 0. The molecule has 0 atom stereocenters. The van der Waals surface area contributed by atoms with Gasteiger partial charge < -0.3 is 15.0 Å². The Balaban J connectivity index is 2.52. The van der Waals surface area contributed by atoms with Crippen LogP contribution in [0.15, 0.2) is 22.7 Å². The van der Waals surface area contributed by atoms with E-state index in [9.17, 15) is 8.78 Å². The van der Waals surface area contributed by atoms with Crippen LogP contribution in [0.2, 0.25) is 0 Å². The largest absolute Gasteiger partial charge is 0.491 e. The number of hydrogen-bond acceptors (Lipinski definition) is 4. The van der Waals surface area contributed by atoms with Gasteiger partial charge in [0.15, 0.2) is 29.0 Å². The molecule has 16 heavy (non-hydrogen) atoms. The van der Waals surface area contributed by atoms with Crippen LogP contribution in [0.5, 0.6) is 5.75 Å². The molecule has 2 aromatic rings. The Morgan fingerprint density at radius 2 is 1.88 bits per heavy atom. The van der Waals surface area contributed by atoms with Gasteiger partial charge in [-0.05, 0) is 12.1 Å². The van der Waals surface area contributed by atoms with Crippen molar-refractivity contribution in [1.29, 1.82) is 0 Å². The fraction of sp³-hybridized carbons (Fsp3) is 0.100. The fourth-order valence-electron chi connectivity index (χ4n) is 1.32. The SMILES string of the molecule is COc1c(F)cc(-c2cc(N)no2)cc1F. The maximum Gasteiger partial charge on any atom is 0.190 e. The highest BCUT2D eigenvalue weighted by Gasteiger charge is 2.14. The molecule has 1 heterocycles. The summed E-state index contributed by atoms with van der Waals surface area (Å²) in [6.45, 7) is 0. The van der Waals surface area contributed by atoms with Crippen molar-refractivity contribution < 1.29 is 18.0 Å². The molecule has 1 aromatic heterocycles. The van der Waals surface area contributed by atoms with Gasteiger partial charge in [-0.25, -0.2) is 8.78 Å². The van der Waals surface area contributed by atoms with Crippen molar-refractivity contribution in [2.75, 3.05) is 12.8 Å². The third kappa shape index (κ3) is 1.69. The molecule has 2 N–H and O–H groups in total. The molecule has 84 valence electrons. The average Bonchev–Trinajstić information content (AvgIpc) is 2.64. The first kappa shape index (κ1) is 10.4. The molecule has 0 amide bonds. The molecule has 0 aliphatic rings. The number of rotatable bonds is 2.